The number of rotatable bonds is 6. The predicted octanol–water partition coefficient (Wildman–Crippen LogP) is 14.9. The van der Waals surface area contributed by atoms with Gasteiger partial charge in [0.2, 0.25) is 0 Å². The molecule has 0 saturated carbocycles. The van der Waals surface area contributed by atoms with Gasteiger partial charge in [0.1, 0.15) is 0 Å². The largest absolute Gasteiger partial charge is 0.310 e. The molecular formula is C53H45N. The molecule has 0 atom stereocenters. The van der Waals surface area contributed by atoms with Crippen LogP contribution in [0, 0.1) is 0 Å². The number of nitrogens with zero attached hydrogens (tertiary/aromatic N) is 1. The standard InChI is InChI=1S/C53H45N/c1-52(2,3)42-26-20-40(21-27-42)48-34-41-18-12-13-19-46(41)51-50(48)47-33-32-45(35-49(47)53(51,4)5)54(43-28-22-38(23-29-43)36-14-8-6-9-15-36)44-30-24-39(25-31-44)37-16-10-7-11-17-37/h6-35H,1-5H3. The van der Waals surface area contributed by atoms with Crippen LogP contribution in [0.5, 0.6) is 0 Å². The van der Waals surface area contributed by atoms with Crippen molar-refractivity contribution in [1.29, 1.82) is 0 Å². The van der Waals surface area contributed by atoms with Gasteiger partial charge in [-0.25, -0.2) is 0 Å². The third-order valence-corrected chi connectivity index (χ3v) is 11.4. The molecule has 0 heterocycles. The van der Waals surface area contributed by atoms with Crippen LogP contribution in [0.25, 0.3) is 55.3 Å². The summed E-state index contributed by atoms with van der Waals surface area (Å²) in [5, 5.41) is 2.61. The first-order valence-electron chi connectivity index (χ1n) is 19.1. The molecule has 8 aromatic carbocycles. The van der Waals surface area contributed by atoms with Crippen molar-refractivity contribution in [2.75, 3.05) is 4.90 Å². The molecule has 0 unspecified atom stereocenters. The zero-order chi connectivity index (χ0) is 37.0. The molecule has 0 aliphatic heterocycles. The van der Waals surface area contributed by atoms with E-state index in [1.165, 1.54) is 72.0 Å². The Labute approximate surface area is 320 Å². The smallest absolute Gasteiger partial charge is 0.0465 e. The Hall–Kier alpha value is -6.18. The second-order valence-corrected chi connectivity index (χ2v) is 16.2. The highest BCUT2D eigenvalue weighted by Gasteiger charge is 2.39. The number of benzene rings is 8. The minimum absolute atomic E-state index is 0.102. The van der Waals surface area contributed by atoms with E-state index < -0.39 is 0 Å². The molecule has 0 aromatic heterocycles. The number of hydrogen-bond acceptors (Lipinski definition) is 1. The molecule has 8 aromatic rings. The molecule has 1 aliphatic carbocycles. The van der Waals surface area contributed by atoms with Gasteiger partial charge < -0.3 is 4.90 Å². The summed E-state index contributed by atoms with van der Waals surface area (Å²) in [5.74, 6) is 0. The van der Waals surface area contributed by atoms with Crippen molar-refractivity contribution in [3.8, 4) is 44.5 Å². The van der Waals surface area contributed by atoms with Crippen LogP contribution in [0.4, 0.5) is 17.1 Å². The molecule has 54 heavy (non-hydrogen) atoms. The maximum atomic E-state index is 2.45. The van der Waals surface area contributed by atoms with E-state index in [1.807, 2.05) is 0 Å². The molecule has 1 nitrogen and oxygen atoms in total. The van der Waals surface area contributed by atoms with Crippen molar-refractivity contribution >= 4 is 27.8 Å². The third kappa shape index (κ3) is 5.81. The van der Waals surface area contributed by atoms with Gasteiger partial charge in [-0.15, -0.1) is 0 Å². The van der Waals surface area contributed by atoms with Gasteiger partial charge in [0, 0.05) is 22.5 Å². The topological polar surface area (TPSA) is 3.24 Å². The summed E-state index contributed by atoms with van der Waals surface area (Å²) < 4.78 is 0. The average molecular weight is 696 g/mol. The molecular weight excluding hydrogens is 651 g/mol. The maximum absolute atomic E-state index is 2.45. The van der Waals surface area contributed by atoms with Gasteiger partial charge in [-0.2, -0.15) is 0 Å². The minimum Gasteiger partial charge on any atom is -0.310 e. The first kappa shape index (κ1) is 33.6. The van der Waals surface area contributed by atoms with E-state index in [9.17, 15) is 0 Å². The molecule has 0 bridgehead atoms. The second kappa shape index (κ2) is 13.0. The molecule has 0 fully saturated rings. The predicted molar refractivity (Wildman–Crippen MR) is 231 cm³/mol. The van der Waals surface area contributed by atoms with Crippen molar-refractivity contribution in [3.63, 3.8) is 0 Å². The van der Waals surface area contributed by atoms with Crippen molar-refractivity contribution in [2.24, 2.45) is 0 Å². The highest BCUT2D eigenvalue weighted by atomic mass is 15.1. The second-order valence-electron chi connectivity index (χ2n) is 16.2. The van der Waals surface area contributed by atoms with Gasteiger partial charge in [-0.3, -0.25) is 0 Å². The average Bonchev–Trinajstić information content (AvgIpc) is 3.45. The maximum Gasteiger partial charge on any atom is 0.0465 e. The van der Waals surface area contributed by atoms with Gasteiger partial charge in [0.05, 0.1) is 0 Å². The van der Waals surface area contributed by atoms with E-state index in [0.717, 1.165) is 17.1 Å². The third-order valence-electron chi connectivity index (χ3n) is 11.4. The fourth-order valence-electron chi connectivity index (χ4n) is 8.51. The fourth-order valence-corrected chi connectivity index (χ4v) is 8.51. The Morgan fingerprint density at radius 1 is 0.426 bits per heavy atom. The highest BCUT2D eigenvalue weighted by molar-refractivity contribution is 6.05. The zero-order valence-electron chi connectivity index (χ0n) is 31.8. The summed E-state index contributed by atoms with van der Waals surface area (Å²) in [7, 11) is 0. The van der Waals surface area contributed by atoms with Gasteiger partial charge in [-0.05, 0) is 120 Å². The van der Waals surface area contributed by atoms with Crippen LogP contribution in [0.3, 0.4) is 0 Å². The van der Waals surface area contributed by atoms with Crippen molar-refractivity contribution in [1.82, 2.24) is 0 Å². The first-order valence-corrected chi connectivity index (χ1v) is 19.1. The van der Waals surface area contributed by atoms with Crippen molar-refractivity contribution in [2.45, 2.75) is 45.4 Å². The van der Waals surface area contributed by atoms with Crippen LogP contribution >= 0.6 is 0 Å². The van der Waals surface area contributed by atoms with Gasteiger partial charge >= 0.3 is 0 Å². The Kier molecular flexibility index (Phi) is 8.12. The summed E-state index contributed by atoms with van der Waals surface area (Å²) >= 11 is 0. The van der Waals surface area contributed by atoms with Crippen LogP contribution in [-0.4, -0.2) is 0 Å². The Morgan fingerprint density at radius 3 is 1.46 bits per heavy atom. The summed E-state index contributed by atoms with van der Waals surface area (Å²) in [5.41, 5.74) is 17.5. The Balaban J connectivity index is 1.20. The molecule has 0 amide bonds. The van der Waals surface area contributed by atoms with E-state index in [2.05, 4.69) is 222 Å². The fraction of sp³-hybridized carbons (Fsp3) is 0.132. The summed E-state index contributed by atoms with van der Waals surface area (Å²) in [6.45, 7) is 11.7. The Morgan fingerprint density at radius 2 is 0.907 bits per heavy atom. The number of fused-ring (bicyclic) bond motifs is 5. The normalized spacial score (nSPS) is 13.1. The lowest BCUT2D eigenvalue weighted by molar-refractivity contribution is 0.590. The molecule has 0 spiro atoms. The van der Waals surface area contributed by atoms with Crippen LogP contribution in [0.1, 0.15) is 51.3 Å². The summed E-state index contributed by atoms with van der Waals surface area (Å²) in [4.78, 5) is 2.41. The van der Waals surface area contributed by atoms with Gasteiger partial charge in [0.25, 0.3) is 0 Å². The van der Waals surface area contributed by atoms with Crippen molar-refractivity contribution in [3.05, 3.63) is 199 Å². The summed E-state index contributed by atoms with van der Waals surface area (Å²) in [6, 6.07) is 67.0. The molecule has 0 N–H and O–H groups in total. The first-order chi connectivity index (χ1) is 26.2. The SMILES string of the molecule is CC(C)(C)c1ccc(-c2cc3ccccc3c3c2-c2ccc(N(c4ccc(-c5ccccc5)cc4)c4ccc(-c5ccccc5)cc4)cc2C3(C)C)cc1. The van der Waals surface area contributed by atoms with Crippen LogP contribution < -0.4 is 4.90 Å². The monoisotopic (exact) mass is 695 g/mol. The van der Waals surface area contributed by atoms with E-state index in [4.69, 9.17) is 0 Å². The zero-order valence-corrected chi connectivity index (χ0v) is 31.8. The lowest BCUT2D eigenvalue weighted by Crippen LogP contribution is -2.17. The van der Waals surface area contributed by atoms with Crippen molar-refractivity contribution < 1.29 is 0 Å². The molecule has 1 aliphatic rings. The van der Waals surface area contributed by atoms with E-state index >= 15 is 0 Å². The molecule has 1 heteroatoms. The Bertz CT molecular complexity index is 2520. The number of anilines is 3. The van der Waals surface area contributed by atoms with Crippen LogP contribution in [-0.2, 0) is 10.8 Å². The van der Waals surface area contributed by atoms with Gasteiger partial charge in [-0.1, -0.05) is 174 Å². The van der Waals surface area contributed by atoms with Gasteiger partial charge in [0.15, 0.2) is 0 Å². The van der Waals surface area contributed by atoms with E-state index in [1.54, 1.807) is 0 Å². The minimum atomic E-state index is -0.221. The highest BCUT2D eigenvalue weighted by Crippen LogP contribution is 2.56. The number of hydrogen-bond donors (Lipinski definition) is 0. The molecule has 262 valence electrons. The lowest BCUT2D eigenvalue weighted by Gasteiger charge is -2.28. The summed E-state index contributed by atoms with van der Waals surface area (Å²) in [6.07, 6.45) is 0. The van der Waals surface area contributed by atoms with Crippen LogP contribution in [0.2, 0.25) is 0 Å². The quantitative estimate of drug-likeness (QED) is 0.167. The molecule has 0 radical (unpaired) electrons. The van der Waals surface area contributed by atoms with E-state index in [0.29, 0.717) is 0 Å². The van der Waals surface area contributed by atoms with Crippen LogP contribution in [0.15, 0.2) is 182 Å². The molecule has 0 saturated heterocycles. The van der Waals surface area contributed by atoms with E-state index in [-0.39, 0.29) is 10.8 Å². The molecule has 9 rings (SSSR count). The lowest BCUT2D eigenvalue weighted by atomic mass is 9.79.